The Bertz CT molecular complexity index is 623. The van der Waals surface area contributed by atoms with Gasteiger partial charge in [-0.1, -0.05) is 48.5 Å². The number of hydrogen-bond acceptors (Lipinski definition) is 4. The van der Waals surface area contributed by atoms with Crippen LogP contribution < -0.4 is 10.5 Å². The highest BCUT2D eigenvalue weighted by Crippen LogP contribution is 2.29. The van der Waals surface area contributed by atoms with Gasteiger partial charge in [0.05, 0.1) is 6.61 Å². The average Bonchev–Trinajstić information content (AvgIpc) is 2.54. The van der Waals surface area contributed by atoms with E-state index < -0.39 is 11.5 Å². The van der Waals surface area contributed by atoms with Crippen LogP contribution in [-0.4, -0.2) is 12.6 Å². The molecule has 0 aliphatic rings. The van der Waals surface area contributed by atoms with Crippen LogP contribution in [0.1, 0.15) is 25.0 Å². The molecule has 0 aromatic heterocycles. The molecule has 0 amide bonds. The van der Waals surface area contributed by atoms with E-state index in [1.165, 1.54) is 0 Å². The Morgan fingerprint density at radius 2 is 1.73 bits per heavy atom. The van der Waals surface area contributed by atoms with Crippen LogP contribution in [0.3, 0.4) is 0 Å². The summed E-state index contributed by atoms with van der Waals surface area (Å²) >= 11 is 0. The lowest BCUT2D eigenvalue weighted by Gasteiger charge is -2.25. The zero-order chi connectivity index (χ0) is 16.0. The molecular formula is C18H21NO3. The van der Waals surface area contributed by atoms with Crippen molar-refractivity contribution >= 4 is 5.97 Å². The fourth-order valence-corrected chi connectivity index (χ4v) is 2.15. The van der Waals surface area contributed by atoms with Crippen LogP contribution in [0.15, 0.2) is 54.6 Å². The van der Waals surface area contributed by atoms with Crippen LogP contribution in [0.2, 0.25) is 0 Å². The van der Waals surface area contributed by atoms with Crippen LogP contribution in [0, 0.1) is 0 Å². The zero-order valence-corrected chi connectivity index (χ0v) is 12.9. The van der Waals surface area contributed by atoms with Gasteiger partial charge in [-0.05, 0) is 25.5 Å². The maximum atomic E-state index is 12.1. The second-order valence-electron chi connectivity index (χ2n) is 5.19. The van der Waals surface area contributed by atoms with Crippen LogP contribution in [0.25, 0.3) is 0 Å². The van der Waals surface area contributed by atoms with E-state index in [0.717, 1.165) is 5.56 Å². The van der Waals surface area contributed by atoms with Gasteiger partial charge in [-0.2, -0.15) is 0 Å². The molecule has 1 unspecified atom stereocenters. The Morgan fingerprint density at radius 3 is 2.41 bits per heavy atom. The molecule has 116 valence electrons. The number of esters is 1. The highest BCUT2D eigenvalue weighted by molar-refractivity contribution is 5.82. The number of carbonyl (C=O) groups excluding carboxylic acids is 1. The topological polar surface area (TPSA) is 61.5 Å². The van der Waals surface area contributed by atoms with Crippen LogP contribution >= 0.6 is 0 Å². The first-order chi connectivity index (χ1) is 10.6. The molecule has 0 heterocycles. The summed E-state index contributed by atoms with van der Waals surface area (Å²) in [7, 11) is 0. The monoisotopic (exact) mass is 299 g/mol. The first kappa shape index (κ1) is 16.0. The summed E-state index contributed by atoms with van der Waals surface area (Å²) in [5.74, 6) is 0.121. The molecule has 0 fully saturated rings. The third-order valence-electron chi connectivity index (χ3n) is 3.38. The van der Waals surface area contributed by atoms with Crippen LogP contribution in [-0.2, 0) is 21.7 Å². The van der Waals surface area contributed by atoms with E-state index in [-0.39, 0.29) is 0 Å². The number of nitrogens with two attached hydrogens (primary N) is 1. The minimum atomic E-state index is -1.25. The molecule has 0 saturated carbocycles. The Kier molecular flexibility index (Phi) is 5.17. The van der Waals surface area contributed by atoms with Crippen molar-refractivity contribution in [1.82, 2.24) is 0 Å². The van der Waals surface area contributed by atoms with Crippen molar-refractivity contribution < 1.29 is 14.3 Å². The molecule has 0 spiro atoms. The third kappa shape index (κ3) is 3.65. The quantitative estimate of drug-likeness (QED) is 0.833. The van der Waals surface area contributed by atoms with E-state index in [1.807, 2.05) is 48.5 Å². The van der Waals surface area contributed by atoms with E-state index in [1.54, 1.807) is 19.9 Å². The summed E-state index contributed by atoms with van der Waals surface area (Å²) in [6.45, 7) is 4.09. The van der Waals surface area contributed by atoms with E-state index in [9.17, 15) is 4.79 Å². The average molecular weight is 299 g/mol. The predicted molar refractivity (Wildman–Crippen MR) is 85.4 cm³/mol. The van der Waals surface area contributed by atoms with Crippen molar-refractivity contribution in [2.45, 2.75) is 26.0 Å². The van der Waals surface area contributed by atoms with Crippen molar-refractivity contribution in [1.29, 1.82) is 0 Å². The van der Waals surface area contributed by atoms with E-state index in [2.05, 4.69) is 0 Å². The largest absolute Gasteiger partial charge is 0.489 e. The number of benzene rings is 2. The summed E-state index contributed by atoms with van der Waals surface area (Å²) in [5.41, 5.74) is 6.60. The van der Waals surface area contributed by atoms with Crippen molar-refractivity contribution in [3.63, 3.8) is 0 Å². The van der Waals surface area contributed by atoms with E-state index in [0.29, 0.717) is 24.5 Å². The lowest BCUT2D eigenvalue weighted by molar-refractivity contribution is -0.149. The first-order valence-corrected chi connectivity index (χ1v) is 7.28. The Morgan fingerprint density at radius 1 is 1.09 bits per heavy atom. The lowest BCUT2D eigenvalue weighted by Crippen LogP contribution is -2.43. The molecule has 2 rings (SSSR count). The molecule has 0 saturated heterocycles. The lowest BCUT2D eigenvalue weighted by atomic mass is 9.92. The number of para-hydroxylation sites is 1. The molecule has 4 heteroatoms. The van der Waals surface area contributed by atoms with Gasteiger partial charge < -0.3 is 15.2 Å². The van der Waals surface area contributed by atoms with Gasteiger partial charge in [-0.25, -0.2) is 4.79 Å². The van der Waals surface area contributed by atoms with Gasteiger partial charge in [0, 0.05) is 5.56 Å². The summed E-state index contributed by atoms with van der Waals surface area (Å²) in [6.07, 6.45) is 0. The Labute approximate surface area is 130 Å². The summed E-state index contributed by atoms with van der Waals surface area (Å²) in [5, 5.41) is 0. The molecule has 0 bridgehead atoms. The molecule has 22 heavy (non-hydrogen) atoms. The molecule has 0 radical (unpaired) electrons. The van der Waals surface area contributed by atoms with E-state index in [4.69, 9.17) is 15.2 Å². The summed E-state index contributed by atoms with van der Waals surface area (Å²) in [4.78, 5) is 12.1. The highest BCUT2D eigenvalue weighted by atomic mass is 16.5. The van der Waals surface area contributed by atoms with Gasteiger partial charge in [0.15, 0.2) is 0 Å². The van der Waals surface area contributed by atoms with Gasteiger partial charge in [-0.15, -0.1) is 0 Å². The summed E-state index contributed by atoms with van der Waals surface area (Å²) < 4.78 is 10.9. The van der Waals surface area contributed by atoms with Crippen molar-refractivity contribution in [2.75, 3.05) is 6.61 Å². The van der Waals surface area contributed by atoms with Crippen LogP contribution in [0.4, 0.5) is 0 Å². The van der Waals surface area contributed by atoms with Gasteiger partial charge in [0.1, 0.15) is 17.9 Å². The van der Waals surface area contributed by atoms with E-state index >= 15 is 0 Å². The number of hydrogen-bond donors (Lipinski definition) is 1. The second kappa shape index (κ2) is 7.09. The molecule has 2 aromatic rings. The maximum absolute atomic E-state index is 12.1. The standard InChI is InChI=1S/C18H21NO3/c1-3-21-17(20)18(2,19)15-11-7-8-12-16(15)22-13-14-9-5-4-6-10-14/h4-12H,3,13,19H2,1-2H3. The normalized spacial score (nSPS) is 13.2. The van der Waals surface area contributed by atoms with Gasteiger partial charge in [-0.3, -0.25) is 0 Å². The van der Waals surface area contributed by atoms with Gasteiger partial charge >= 0.3 is 5.97 Å². The molecular weight excluding hydrogens is 278 g/mol. The first-order valence-electron chi connectivity index (χ1n) is 7.28. The number of ether oxygens (including phenoxy) is 2. The molecule has 0 aliphatic heterocycles. The SMILES string of the molecule is CCOC(=O)C(C)(N)c1ccccc1OCc1ccccc1. The predicted octanol–water partition coefficient (Wildman–Crippen LogP) is 3.00. The third-order valence-corrected chi connectivity index (χ3v) is 3.38. The smallest absolute Gasteiger partial charge is 0.330 e. The number of carbonyl (C=O) groups is 1. The van der Waals surface area contributed by atoms with Crippen LogP contribution in [0.5, 0.6) is 5.75 Å². The highest BCUT2D eigenvalue weighted by Gasteiger charge is 2.34. The van der Waals surface area contributed by atoms with Crippen molar-refractivity contribution in [2.24, 2.45) is 5.73 Å². The number of rotatable bonds is 6. The van der Waals surface area contributed by atoms with Gasteiger partial charge in [0.25, 0.3) is 0 Å². The molecule has 4 nitrogen and oxygen atoms in total. The molecule has 1 atom stereocenters. The molecule has 2 N–H and O–H groups in total. The zero-order valence-electron chi connectivity index (χ0n) is 12.9. The van der Waals surface area contributed by atoms with Crippen molar-refractivity contribution in [3.8, 4) is 5.75 Å². The summed E-state index contributed by atoms with van der Waals surface area (Å²) in [6, 6.07) is 17.1. The second-order valence-corrected chi connectivity index (χ2v) is 5.19. The van der Waals surface area contributed by atoms with Gasteiger partial charge in [0.2, 0.25) is 0 Å². The van der Waals surface area contributed by atoms with Crippen molar-refractivity contribution in [3.05, 3.63) is 65.7 Å². The molecule has 2 aromatic carbocycles. The molecule has 0 aliphatic carbocycles. The minimum absolute atomic E-state index is 0.290. The fraction of sp³-hybridized carbons (Fsp3) is 0.278. The minimum Gasteiger partial charge on any atom is -0.489 e. The Balaban J connectivity index is 2.21. The maximum Gasteiger partial charge on any atom is 0.330 e. The Hall–Kier alpha value is -2.33. The fourth-order valence-electron chi connectivity index (χ4n) is 2.15.